The van der Waals surface area contributed by atoms with Gasteiger partial charge in [-0.3, -0.25) is 4.99 Å². The third kappa shape index (κ3) is 7.31. The lowest BCUT2D eigenvalue weighted by Gasteiger charge is -2.13. The summed E-state index contributed by atoms with van der Waals surface area (Å²) < 4.78 is 5.26. The van der Waals surface area contributed by atoms with Gasteiger partial charge in [0.25, 0.3) is 0 Å². The Morgan fingerprint density at radius 3 is 2.50 bits per heavy atom. The van der Waals surface area contributed by atoms with Crippen molar-refractivity contribution in [3.63, 3.8) is 0 Å². The first-order valence-corrected chi connectivity index (χ1v) is 8.06. The van der Waals surface area contributed by atoms with Crippen LogP contribution in [0, 0.1) is 0 Å². The fourth-order valence-corrected chi connectivity index (χ4v) is 2.32. The monoisotopic (exact) mass is 347 g/mol. The van der Waals surface area contributed by atoms with Crippen LogP contribution in [0.2, 0.25) is 10.0 Å². The molecular formula is C15H23Cl2N3O2. The summed E-state index contributed by atoms with van der Waals surface area (Å²) in [6.07, 6.45) is -0.765. The third-order valence-corrected chi connectivity index (χ3v) is 3.22. The summed E-state index contributed by atoms with van der Waals surface area (Å²) in [6.45, 7) is 6.81. The summed E-state index contributed by atoms with van der Waals surface area (Å²) in [4.78, 5) is 4.35. The lowest BCUT2D eigenvalue weighted by molar-refractivity contribution is 0.152. The molecular weight excluding hydrogens is 325 g/mol. The summed E-state index contributed by atoms with van der Waals surface area (Å²) in [6, 6.07) is 4.99. The van der Waals surface area contributed by atoms with Crippen LogP contribution in [0.15, 0.2) is 23.2 Å². The molecule has 0 aliphatic rings. The molecule has 0 saturated heterocycles. The second kappa shape index (κ2) is 10.7. The van der Waals surface area contributed by atoms with Crippen LogP contribution in [0.4, 0.5) is 0 Å². The Balaban J connectivity index is 2.59. The summed E-state index contributed by atoms with van der Waals surface area (Å²) in [5.41, 5.74) is 0.645. The topological polar surface area (TPSA) is 65.9 Å². The highest BCUT2D eigenvalue weighted by atomic mass is 35.5. The second-order valence-corrected chi connectivity index (χ2v) is 5.43. The van der Waals surface area contributed by atoms with E-state index < -0.39 is 6.10 Å². The van der Waals surface area contributed by atoms with E-state index in [9.17, 15) is 5.11 Å². The predicted molar refractivity (Wildman–Crippen MR) is 91.9 cm³/mol. The van der Waals surface area contributed by atoms with Crippen molar-refractivity contribution in [2.24, 2.45) is 4.99 Å². The quantitative estimate of drug-likeness (QED) is 0.384. The van der Waals surface area contributed by atoms with Crippen molar-refractivity contribution in [3.05, 3.63) is 33.8 Å². The van der Waals surface area contributed by atoms with Gasteiger partial charge in [-0.25, -0.2) is 0 Å². The van der Waals surface area contributed by atoms with Crippen LogP contribution in [0.3, 0.4) is 0 Å². The lowest BCUT2D eigenvalue weighted by atomic mass is 10.1. The number of nitrogens with one attached hydrogen (secondary N) is 2. The van der Waals surface area contributed by atoms with Crippen molar-refractivity contribution in [2.75, 3.05) is 32.8 Å². The zero-order valence-corrected chi connectivity index (χ0v) is 14.4. The van der Waals surface area contributed by atoms with Crippen molar-refractivity contribution in [1.82, 2.24) is 10.6 Å². The van der Waals surface area contributed by atoms with Gasteiger partial charge in [0.05, 0.1) is 19.3 Å². The molecule has 0 spiro atoms. The fraction of sp³-hybridized carbons (Fsp3) is 0.533. The lowest BCUT2D eigenvalue weighted by Crippen LogP contribution is -2.39. The highest BCUT2D eigenvalue weighted by Gasteiger charge is 2.09. The van der Waals surface area contributed by atoms with Crippen molar-refractivity contribution in [3.8, 4) is 0 Å². The highest BCUT2D eigenvalue weighted by molar-refractivity contribution is 6.34. The number of aliphatic hydroxyl groups is 1. The highest BCUT2D eigenvalue weighted by Crippen LogP contribution is 2.23. The largest absolute Gasteiger partial charge is 0.386 e. The van der Waals surface area contributed by atoms with E-state index in [0.29, 0.717) is 41.3 Å². The van der Waals surface area contributed by atoms with E-state index in [2.05, 4.69) is 15.6 Å². The Hall–Kier alpha value is -1.01. The molecule has 0 bridgehead atoms. The molecule has 1 aromatic rings. The molecule has 0 aliphatic carbocycles. The number of aliphatic hydroxyl groups excluding tert-OH is 1. The molecule has 0 amide bonds. The summed E-state index contributed by atoms with van der Waals surface area (Å²) in [5, 5.41) is 17.4. The van der Waals surface area contributed by atoms with E-state index in [1.165, 1.54) is 0 Å². The maximum Gasteiger partial charge on any atom is 0.191 e. The molecule has 1 rings (SSSR count). The Bertz CT molecular complexity index is 464. The molecule has 0 aromatic heterocycles. The number of rotatable bonds is 8. The van der Waals surface area contributed by atoms with Crippen molar-refractivity contribution in [2.45, 2.75) is 20.0 Å². The van der Waals surface area contributed by atoms with Crippen LogP contribution in [-0.2, 0) is 4.74 Å². The normalized spacial score (nSPS) is 13.0. The first-order chi connectivity index (χ1) is 10.6. The molecule has 0 saturated carbocycles. The van der Waals surface area contributed by atoms with Crippen LogP contribution in [0.5, 0.6) is 0 Å². The number of hydrogen-bond donors (Lipinski definition) is 3. The van der Waals surface area contributed by atoms with Gasteiger partial charge in [-0.15, -0.1) is 0 Å². The molecule has 0 fully saturated rings. The van der Waals surface area contributed by atoms with E-state index in [-0.39, 0.29) is 6.54 Å². The van der Waals surface area contributed by atoms with Crippen molar-refractivity contribution in [1.29, 1.82) is 0 Å². The maximum atomic E-state index is 10.2. The molecule has 22 heavy (non-hydrogen) atoms. The summed E-state index contributed by atoms with van der Waals surface area (Å²) >= 11 is 11.9. The van der Waals surface area contributed by atoms with Gasteiger partial charge in [-0.1, -0.05) is 23.2 Å². The minimum Gasteiger partial charge on any atom is -0.386 e. The number of nitrogens with zero attached hydrogens (tertiary/aromatic N) is 1. The number of halogens is 2. The summed E-state index contributed by atoms with van der Waals surface area (Å²) in [7, 11) is 0. The van der Waals surface area contributed by atoms with Gasteiger partial charge in [0.1, 0.15) is 0 Å². The first-order valence-electron chi connectivity index (χ1n) is 7.30. The van der Waals surface area contributed by atoms with E-state index in [1.54, 1.807) is 18.2 Å². The molecule has 3 N–H and O–H groups in total. The molecule has 7 heteroatoms. The van der Waals surface area contributed by atoms with Crippen LogP contribution in [0.1, 0.15) is 25.5 Å². The van der Waals surface area contributed by atoms with Gasteiger partial charge in [-0.05, 0) is 37.6 Å². The van der Waals surface area contributed by atoms with E-state index in [4.69, 9.17) is 27.9 Å². The van der Waals surface area contributed by atoms with E-state index >= 15 is 0 Å². The average molecular weight is 348 g/mol. The van der Waals surface area contributed by atoms with Crippen LogP contribution in [-0.4, -0.2) is 43.9 Å². The van der Waals surface area contributed by atoms with Gasteiger partial charge < -0.3 is 20.5 Å². The van der Waals surface area contributed by atoms with Crippen LogP contribution in [0.25, 0.3) is 0 Å². The van der Waals surface area contributed by atoms with Crippen LogP contribution >= 0.6 is 23.2 Å². The fourth-order valence-electron chi connectivity index (χ4n) is 1.78. The van der Waals surface area contributed by atoms with E-state index in [1.807, 2.05) is 13.8 Å². The molecule has 0 radical (unpaired) electrons. The van der Waals surface area contributed by atoms with Gasteiger partial charge in [0.2, 0.25) is 0 Å². The molecule has 5 nitrogen and oxygen atoms in total. The Labute approximate surface area is 141 Å². The smallest absolute Gasteiger partial charge is 0.191 e. The number of guanidine groups is 1. The maximum absolute atomic E-state index is 10.2. The molecule has 0 aliphatic heterocycles. The molecule has 1 atom stereocenters. The Morgan fingerprint density at radius 1 is 1.23 bits per heavy atom. The minimum absolute atomic E-state index is 0.209. The van der Waals surface area contributed by atoms with Crippen molar-refractivity contribution >= 4 is 29.2 Å². The molecule has 1 aromatic carbocycles. The summed E-state index contributed by atoms with van der Waals surface area (Å²) in [5.74, 6) is 0.634. The number of benzene rings is 1. The number of ether oxygens (including phenoxy) is 1. The second-order valence-electron chi connectivity index (χ2n) is 4.56. The standard InChI is InChI=1S/C15H23Cl2N3O2/c1-3-18-15(19-5-6-22-4-2)20-10-14(21)11-7-12(16)9-13(17)8-11/h7-9,14,21H,3-6,10H2,1-2H3,(H2,18,19,20). The van der Waals surface area contributed by atoms with E-state index in [0.717, 1.165) is 6.54 Å². The molecule has 124 valence electrons. The Morgan fingerprint density at radius 2 is 1.91 bits per heavy atom. The van der Waals surface area contributed by atoms with Crippen LogP contribution < -0.4 is 10.6 Å². The van der Waals surface area contributed by atoms with Crippen molar-refractivity contribution < 1.29 is 9.84 Å². The number of hydrogen-bond acceptors (Lipinski definition) is 3. The zero-order chi connectivity index (χ0) is 16.4. The molecule has 1 unspecified atom stereocenters. The van der Waals surface area contributed by atoms with Gasteiger partial charge >= 0.3 is 0 Å². The predicted octanol–water partition coefficient (Wildman–Crippen LogP) is 2.62. The average Bonchev–Trinajstić information content (AvgIpc) is 2.47. The van der Waals surface area contributed by atoms with Gasteiger partial charge in [0, 0.05) is 29.7 Å². The Kier molecular flexibility index (Phi) is 9.24. The minimum atomic E-state index is -0.765. The first kappa shape index (κ1) is 19.0. The molecule has 0 heterocycles. The SMILES string of the molecule is CCNC(=NCC(O)c1cc(Cl)cc(Cl)c1)NCCOCC. The zero-order valence-electron chi connectivity index (χ0n) is 12.9. The van der Waals surface area contributed by atoms with Gasteiger partial charge in [-0.2, -0.15) is 0 Å². The van der Waals surface area contributed by atoms with Gasteiger partial charge in [0.15, 0.2) is 5.96 Å². The third-order valence-electron chi connectivity index (χ3n) is 2.78. The number of aliphatic imine (C=N–C) groups is 1.